The highest BCUT2D eigenvalue weighted by Crippen LogP contribution is 2.25. The number of ether oxygens (including phenoxy) is 1. The summed E-state index contributed by atoms with van der Waals surface area (Å²) in [4.78, 5) is 10.6. The normalized spacial score (nSPS) is 12.9. The minimum atomic E-state index is -4.74. The Labute approximate surface area is 95.6 Å². The molecule has 7 heteroatoms. The number of amides is 2. The second-order valence-electron chi connectivity index (χ2n) is 3.35. The van der Waals surface area contributed by atoms with Crippen LogP contribution in [0.1, 0.15) is 18.5 Å². The van der Waals surface area contributed by atoms with Gasteiger partial charge < -0.3 is 15.8 Å². The third-order valence-corrected chi connectivity index (χ3v) is 1.95. The van der Waals surface area contributed by atoms with Crippen molar-refractivity contribution in [3.63, 3.8) is 0 Å². The van der Waals surface area contributed by atoms with Crippen molar-refractivity contribution in [2.45, 2.75) is 19.3 Å². The summed E-state index contributed by atoms with van der Waals surface area (Å²) in [5.74, 6) is -0.340. The Balaban J connectivity index is 2.82. The second-order valence-corrected chi connectivity index (χ2v) is 3.35. The maximum Gasteiger partial charge on any atom is 0.573 e. The van der Waals surface area contributed by atoms with Crippen LogP contribution in [0.3, 0.4) is 0 Å². The number of urea groups is 1. The molecule has 4 nitrogen and oxygen atoms in total. The molecule has 3 N–H and O–H groups in total. The molecular formula is C10H11F3N2O2. The van der Waals surface area contributed by atoms with Crippen LogP contribution in [0.25, 0.3) is 0 Å². The van der Waals surface area contributed by atoms with Crippen molar-refractivity contribution in [3.8, 4) is 5.75 Å². The van der Waals surface area contributed by atoms with E-state index in [0.29, 0.717) is 5.56 Å². The Bertz CT molecular complexity index is 407. The molecule has 2 amide bonds. The number of hydrogen-bond donors (Lipinski definition) is 2. The minimum Gasteiger partial charge on any atom is -0.406 e. The first-order chi connectivity index (χ1) is 7.78. The number of nitrogens with two attached hydrogens (primary N) is 1. The van der Waals surface area contributed by atoms with E-state index in [-0.39, 0.29) is 5.75 Å². The highest BCUT2D eigenvalue weighted by Gasteiger charge is 2.31. The van der Waals surface area contributed by atoms with Gasteiger partial charge in [-0.3, -0.25) is 0 Å². The Kier molecular flexibility index (Phi) is 3.82. The molecule has 1 aromatic rings. The fraction of sp³-hybridized carbons (Fsp3) is 0.300. The van der Waals surface area contributed by atoms with Crippen LogP contribution in [-0.2, 0) is 0 Å². The maximum absolute atomic E-state index is 12.0. The standard InChI is InChI=1S/C10H11F3N2O2/c1-6(15-9(14)16)7-3-2-4-8(5-7)17-10(11,12)13/h2-6H,1H3,(H3,14,15,16)/t6-/m0/s1. The summed E-state index contributed by atoms with van der Waals surface area (Å²) in [6, 6.07) is 4.07. The van der Waals surface area contributed by atoms with Crippen molar-refractivity contribution in [1.29, 1.82) is 0 Å². The summed E-state index contributed by atoms with van der Waals surface area (Å²) in [7, 11) is 0. The molecule has 1 atom stereocenters. The topological polar surface area (TPSA) is 64.3 Å². The molecule has 0 radical (unpaired) electrons. The van der Waals surface area contributed by atoms with Crippen molar-refractivity contribution in [2.24, 2.45) is 5.73 Å². The van der Waals surface area contributed by atoms with Gasteiger partial charge in [0, 0.05) is 0 Å². The lowest BCUT2D eigenvalue weighted by atomic mass is 10.1. The lowest BCUT2D eigenvalue weighted by Gasteiger charge is -2.14. The van der Waals surface area contributed by atoms with Gasteiger partial charge in [0.25, 0.3) is 0 Å². The van der Waals surface area contributed by atoms with Crippen LogP contribution in [0.2, 0.25) is 0 Å². The molecule has 94 valence electrons. The minimum absolute atomic E-state index is 0.340. The van der Waals surface area contributed by atoms with E-state index in [0.717, 1.165) is 0 Å². The molecule has 0 aliphatic heterocycles. The van der Waals surface area contributed by atoms with E-state index in [1.54, 1.807) is 13.0 Å². The molecule has 0 aliphatic carbocycles. The average Bonchev–Trinajstić information content (AvgIpc) is 2.14. The molecule has 0 aliphatic rings. The summed E-state index contributed by atoms with van der Waals surface area (Å²) in [5.41, 5.74) is 5.37. The molecule has 0 fully saturated rings. The highest BCUT2D eigenvalue weighted by molar-refractivity contribution is 5.72. The smallest absolute Gasteiger partial charge is 0.406 e. The van der Waals surface area contributed by atoms with Gasteiger partial charge in [-0.15, -0.1) is 13.2 Å². The summed E-state index contributed by atoms with van der Waals surface area (Å²) in [6.45, 7) is 1.59. The second kappa shape index (κ2) is 4.94. The summed E-state index contributed by atoms with van der Waals surface area (Å²) in [5, 5.41) is 2.35. The van der Waals surface area contributed by atoms with Gasteiger partial charge in [0.1, 0.15) is 5.75 Å². The first-order valence-electron chi connectivity index (χ1n) is 4.69. The van der Waals surface area contributed by atoms with E-state index in [1.165, 1.54) is 18.2 Å². The first kappa shape index (κ1) is 13.1. The number of benzene rings is 1. The first-order valence-corrected chi connectivity index (χ1v) is 4.69. The molecule has 0 spiro atoms. The molecule has 0 saturated heterocycles. The van der Waals surface area contributed by atoms with E-state index in [2.05, 4.69) is 10.1 Å². The molecule has 0 unspecified atom stereocenters. The fourth-order valence-corrected chi connectivity index (χ4v) is 1.28. The van der Waals surface area contributed by atoms with Crippen molar-refractivity contribution in [1.82, 2.24) is 5.32 Å². The highest BCUT2D eigenvalue weighted by atomic mass is 19.4. The van der Waals surface area contributed by atoms with Gasteiger partial charge in [-0.05, 0) is 24.6 Å². The van der Waals surface area contributed by atoms with Crippen LogP contribution in [0.15, 0.2) is 24.3 Å². The zero-order valence-electron chi connectivity index (χ0n) is 8.91. The monoisotopic (exact) mass is 248 g/mol. The molecular weight excluding hydrogens is 237 g/mol. The van der Waals surface area contributed by atoms with Crippen molar-refractivity contribution < 1.29 is 22.7 Å². The summed E-state index contributed by atoms with van der Waals surface area (Å²) in [6.07, 6.45) is -4.74. The number of rotatable bonds is 3. The Hall–Kier alpha value is -1.92. The fourth-order valence-electron chi connectivity index (χ4n) is 1.28. The molecule has 1 aromatic carbocycles. The third kappa shape index (κ3) is 4.62. The lowest BCUT2D eigenvalue weighted by molar-refractivity contribution is -0.274. The zero-order chi connectivity index (χ0) is 13.1. The molecule has 17 heavy (non-hydrogen) atoms. The molecule has 0 heterocycles. The van der Waals surface area contributed by atoms with Gasteiger partial charge in [-0.1, -0.05) is 12.1 Å². The van der Waals surface area contributed by atoms with Crippen LogP contribution >= 0.6 is 0 Å². The predicted octanol–water partition coefficient (Wildman–Crippen LogP) is 2.31. The predicted molar refractivity (Wildman–Crippen MR) is 54.3 cm³/mol. The quantitative estimate of drug-likeness (QED) is 0.862. The summed E-state index contributed by atoms with van der Waals surface area (Å²) < 4.78 is 39.7. The number of alkyl halides is 3. The van der Waals surface area contributed by atoms with Crippen LogP contribution in [0.5, 0.6) is 5.75 Å². The van der Waals surface area contributed by atoms with E-state index in [1.807, 2.05) is 0 Å². The van der Waals surface area contributed by atoms with E-state index in [9.17, 15) is 18.0 Å². The van der Waals surface area contributed by atoms with E-state index < -0.39 is 18.4 Å². The Morgan fingerprint density at radius 3 is 2.65 bits per heavy atom. The van der Waals surface area contributed by atoms with Gasteiger partial charge in [-0.2, -0.15) is 0 Å². The number of primary amides is 1. The molecule has 0 saturated carbocycles. The number of carbonyl (C=O) groups is 1. The van der Waals surface area contributed by atoms with Crippen LogP contribution in [-0.4, -0.2) is 12.4 Å². The van der Waals surface area contributed by atoms with Gasteiger partial charge >= 0.3 is 12.4 Å². The number of hydrogen-bond acceptors (Lipinski definition) is 2. The van der Waals surface area contributed by atoms with Crippen molar-refractivity contribution in [2.75, 3.05) is 0 Å². The van der Waals surface area contributed by atoms with Crippen LogP contribution in [0, 0.1) is 0 Å². The largest absolute Gasteiger partial charge is 0.573 e. The van der Waals surface area contributed by atoms with Crippen LogP contribution < -0.4 is 15.8 Å². The molecule has 0 bridgehead atoms. The van der Waals surface area contributed by atoms with Gasteiger partial charge in [0.05, 0.1) is 6.04 Å². The molecule has 0 aromatic heterocycles. The van der Waals surface area contributed by atoms with Crippen LogP contribution in [0.4, 0.5) is 18.0 Å². The van der Waals surface area contributed by atoms with E-state index in [4.69, 9.17) is 5.73 Å². The molecule has 1 rings (SSSR count). The van der Waals surface area contributed by atoms with Gasteiger partial charge in [-0.25, -0.2) is 4.79 Å². The van der Waals surface area contributed by atoms with E-state index >= 15 is 0 Å². The number of halogens is 3. The summed E-state index contributed by atoms with van der Waals surface area (Å²) >= 11 is 0. The number of carbonyl (C=O) groups excluding carboxylic acids is 1. The third-order valence-electron chi connectivity index (χ3n) is 1.95. The maximum atomic E-state index is 12.0. The SMILES string of the molecule is C[C@H](NC(N)=O)c1cccc(OC(F)(F)F)c1. The van der Waals surface area contributed by atoms with Gasteiger partial charge in [0.15, 0.2) is 0 Å². The Morgan fingerprint density at radius 1 is 1.47 bits per heavy atom. The lowest BCUT2D eigenvalue weighted by Crippen LogP contribution is -2.31. The average molecular weight is 248 g/mol. The Morgan fingerprint density at radius 2 is 2.12 bits per heavy atom. The van der Waals surface area contributed by atoms with Gasteiger partial charge in [0.2, 0.25) is 0 Å². The van der Waals surface area contributed by atoms with Crippen molar-refractivity contribution in [3.05, 3.63) is 29.8 Å². The zero-order valence-corrected chi connectivity index (χ0v) is 8.91. The number of nitrogens with one attached hydrogen (secondary N) is 1. The van der Waals surface area contributed by atoms with Crippen molar-refractivity contribution >= 4 is 6.03 Å².